The normalized spacial score (nSPS) is 28.8. The minimum atomic E-state index is -0.525. The first-order chi connectivity index (χ1) is 10.0. The van der Waals surface area contributed by atoms with E-state index in [1.165, 1.54) is 6.07 Å². The monoisotopic (exact) mass is 292 g/mol. The molecule has 0 unspecified atom stereocenters. The molecule has 2 heterocycles. The van der Waals surface area contributed by atoms with Gasteiger partial charge in [0.2, 0.25) is 0 Å². The van der Waals surface area contributed by atoms with Crippen molar-refractivity contribution in [3.63, 3.8) is 0 Å². The van der Waals surface area contributed by atoms with E-state index in [4.69, 9.17) is 9.47 Å². The molecule has 0 spiro atoms. The number of hydrogen-bond donors (Lipinski definition) is 2. The lowest BCUT2D eigenvalue weighted by Gasteiger charge is -2.32. The highest BCUT2D eigenvalue weighted by molar-refractivity contribution is 5.95. The molecule has 0 radical (unpaired) electrons. The standard InChI is InChI=1S/C16H20O5/c1-9-3-2-4-12(20-9)8-13-6-10-5-11(17)7-14(18)15(10)16(19)21-13/h5,7,9,12-13,17-18H,2-4,6,8H2,1H3/t9-,12-,13-/m0/s1. The molecule has 0 amide bonds. The van der Waals surface area contributed by atoms with Crippen LogP contribution in [0, 0.1) is 0 Å². The number of rotatable bonds is 2. The fourth-order valence-electron chi connectivity index (χ4n) is 3.26. The summed E-state index contributed by atoms with van der Waals surface area (Å²) in [6.07, 6.45) is 4.44. The van der Waals surface area contributed by atoms with Gasteiger partial charge in [0.05, 0.1) is 12.2 Å². The Balaban J connectivity index is 1.74. The summed E-state index contributed by atoms with van der Waals surface area (Å²) in [5.41, 5.74) is 0.805. The van der Waals surface area contributed by atoms with Gasteiger partial charge >= 0.3 is 5.97 Å². The Kier molecular flexibility index (Phi) is 3.76. The number of carbonyl (C=O) groups is 1. The predicted octanol–water partition coefficient (Wildman–Crippen LogP) is 2.53. The third-order valence-electron chi connectivity index (χ3n) is 4.20. The number of phenols is 2. The van der Waals surface area contributed by atoms with Crippen LogP contribution in [0.3, 0.4) is 0 Å². The van der Waals surface area contributed by atoms with Crippen LogP contribution < -0.4 is 0 Å². The van der Waals surface area contributed by atoms with Crippen LogP contribution in [0.2, 0.25) is 0 Å². The van der Waals surface area contributed by atoms with Crippen molar-refractivity contribution in [3.05, 3.63) is 23.3 Å². The fraction of sp³-hybridized carbons (Fsp3) is 0.562. The minimum absolute atomic E-state index is 0.0396. The van der Waals surface area contributed by atoms with Gasteiger partial charge in [-0.3, -0.25) is 0 Å². The molecule has 1 saturated heterocycles. The molecular formula is C16H20O5. The Morgan fingerprint density at radius 3 is 2.81 bits per heavy atom. The molecule has 1 aromatic carbocycles. The van der Waals surface area contributed by atoms with Crippen molar-refractivity contribution in [3.8, 4) is 11.5 Å². The van der Waals surface area contributed by atoms with E-state index in [-0.39, 0.29) is 35.4 Å². The van der Waals surface area contributed by atoms with Crippen LogP contribution in [0.5, 0.6) is 11.5 Å². The van der Waals surface area contributed by atoms with Crippen LogP contribution in [0.25, 0.3) is 0 Å². The molecule has 2 aliphatic rings. The van der Waals surface area contributed by atoms with E-state index in [9.17, 15) is 15.0 Å². The first-order valence-electron chi connectivity index (χ1n) is 7.44. The van der Waals surface area contributed by atoms with Crippen molar-refractivity contribution < 1.29 is 24.5 Å². The zero-order valence-electron chi connectivity index (χ0n) is 12.0. The molecule has 1 aromatic rings. The van der Waals surface area contributed by atoms with E-state index < -0.39 is 5.97 Å². The number of phenolic OH excluding ortho intramolecular Hbond substituents is 2. The lowest BCUT2D eigenvalue weighted by atomic mass is 9.92. The summed E-state index contributed by atoms with van der Waals surface area (Å²) in [5, 5.41) is 19.3. The molecule has 5 heteroatoms. The maximum Gasteiger partial charge on any atom is 0.342 e. The smallest absolute Gasteiger partial charge is 0.342 e. The Bertz CT molecular complexity index is 554. The van der Waals surface area contributed by atoms with Gasteiger partial charge in [0.1, 0.15) is 23.2 Å². The van der Waals surface area contributed by atoms with E-state index in [1.807, 2.05) is 0 Å². The first kappa shape index (κ1) is 14.2. The highest BCUT2D eigenvalue weighted by Crippen LogP contribution is 2.34. The molecule has 114 valence electrons. The van der Waals surface area contributed by atoms with Crippen molar-refractivity contribution in [2.24, 2.45) is 0 Å². The molecule has 3 atom stereocenters. The van der Waals surface area contributed by atoms with Gasteiger partial charge in [0.25, 0.3) is 0 Å². The largest absolute Gasteiger partial charge is 0.508 e. The van der Waals surface area contributed by atoms with Crippen LogP contribution in [-0.2, 0) is 15.9 Å². The quantitative estimate of drug-likeness (QED) is 0.819. The molecule has 0 aromatic heterocycles. The van der Waals surface area contributed by atoms with Gasteiger partial charge in [-0.15, -0.1) is 0 Å². The second kappa shape index (κ2) is 5.56. The van der Waals surface area contributed by atoms with Crippen molar-refractivity contribution in [1.29, 1.82) is 0 Å². The summed E-state index contributed by atoms with van der Waals surface area (Å²) in [5.74, 6) is -0.791. The van der Waals surface area contributed by atoms with Gasteiger partial charge in [-0.1, -0.05) is 0 Å². The maximum absolute atomic E-state index is 12.0. The molecular weight excluding hydrogens is 272 g/mol. The number of aromatic hydroxyl groups is 2. The molecule has 0 aliphatic carbocycles. The average molecular weight is 292 g/mol. The van der Waals surface area contributed by atoms with Crippen LogP contribution in [0.15, 0.2) is 12.1 Å². The molecule has 2 aliphatic heterocycles. The van der Waals surface area contributed by atoms with Crippen LogP contribution in [0.4, 0.5) is 0 Å². The molecule has 3 rings (SSSR count). The SMILES string of the molecule is C[C@H]1CCC[C@@H](C[C@@H]2Cc3cc(O)cc(O)c3C(=O)O2)O1. The highest BCUT2D eigenvalue weighted by Gasteiger charge is 2.32. The summed E-state index contributed by atoms with van der Waals surface area (Å²) in [7, 11) is 0. The van der Waals surface area contributed by atoms with E-state index in [2.05, 4.69) is 6.92 Å². The number of esters is 1. The lowest BCUT2D eigenvalue weighted by molar-refractivity contribution is -0.0647. The minimum Gasteiger partial charge on any atom is -0.508 e. The van der Waals surface area contributed by atoms with Gasteiger partial charge in [0.15, 0.2) is 0 Å². The van der Waals surface area contributed by atoms with E-state index in [1.54, 1.807) is 0 Å². The molecule has 5 nitrogen and oxygen atoms in total. The van der Waals surface area contributed by atoms with E-state index >= 15 is 0 Å². The number of hydrogen-bond acceptors (Lipinski definition) is 5. The third kappa shape index (κ3) is 2.97. The highest BCUT2D eigenvalue weighted by atomic mass is 16.5. The van der Waals surface area contributed by atoms with Gasteiger partial charge in [-0.05, 0) is 37.8 Å². The summed E-state index contributed by atoms with van der Waals surface area (Å²) in [4.78, 5) is 12.0. The number of fused-ring (bicyclic) bond motifs is 1. The Labute approximate surface area is 123 Å². The lowest BCUT2D eigenvalue weighted by Crippen LogP contribution is -2.34. The second-order valence-corrected chi connectivity index (χ2v) is 5.97. The average Bonchev–Trinajstić information content (AvgIpc) is 2.37. The first-order valence-corrected chi connectivity index (χ1v) is 7.44. The zero-order valence-corrected chi connectivity index (χ0v) is 12.0. The van der Waals surface area contributed by atoms with Gasteiger partial charge in [0, 0.05) is 18.9 Å². The zero-order chi connectivity index (χ0) is 15.0. The number of carbonyl (C=O) groups excluding carboxylic acids is 1. The maximum atomic E-state index is 12.0. The Hall–Kier alpha value is -1.75. The van der Waals surface area contributed by atoms with Gasteiger partial charge in [-0.25, -0.2) is 4.79 Å². The van der Waals surface area contributed by atoms with E-state index in [0.29, 0.717) is 18.4 Å². The molecule has 1 fully saturated rings. The van der Waals surface area contributed by atoms with Crippen molar-refractivity contribution in [2.75, 3.05) is 0 Å². The summed E-state index contributed by atoms with van der Waals surface area (Å²) < 4.78 is 11.3. The van der Waals surface area contributed by atoms with Crippen molar-refractivity contribution >= 4 is 5.97 Å². The summed E-state index contributed by atoms with van der Waals surface area (Å²) in [6.45, 7) is 2.06. The predicted molar refractivity (Wildman–Crippen MR) is 75.5 cm³/mol. The second-order valence-electron chi connectivity index (χ2n) is 5.97. The summed E-state index contributed by atoms with van der Waals surface area (Å²) in [6, 6.07) is 2.68. The molecule has 2 N–H and O–H groups in total. The summed E-state index contributed by atoms with van der Waals surface area (Å²) >= 11 is 0. The third-order valence-corrected chi connectivity index (χ3v) is 4.20. The van der Waals surface area contributed by atoms with Gasteiger partial charge < -0.3 is 19.7 Å². The topological polar surface area (TPSA) is 76.0 Å². The number of ether oxygens (including phenoxy) is 2. The van der Waals surface area contributed by atoms with Crippen molar-refractivity contribution in [1.82, 2.24) is 0 Å². The van der Waals surface area contributed by atoms with Crippen LogP contribution in [-0.4, -0.2) is 34.5 Å². The molecule has 0 bridgehead atoms. The van der Waals surface area contributed by atoms with Crippen molar-refractivity contribution in [2.45, 2.75) is 57.3 Å². The van der Waals surface area contributed by atoms with Crippen LogP contribution >= 0.6 is 0 Å². The van der Waals surface area contributed by atoms with Gasteiger partial charge in [-0.2, -0.15) is 0 Å². The van der Waals surface area contributed by atoms with Crippen LogP contribution in [0.1, 0.15) is 48.5 Å². The molecule has 21 heavy (non-hydrogen) atoms. The number of benzene rings is 1. The number of cyclic esters (lactones) is 1. The Morgan fingerprint density at radius 2 is 2.05 bits per heavy atom. The van der Waals surface area contributed by atoms with E-state index in [0.717, 1.165) is 25.3 Å². The fourth-order valence-corrected chi connectivity index (χ4v) is 3.26. The molecule has 0 saturated carbocycles. The Morgan fingerprint density at radius 1 is 1.24 bits per heavy atom.